The van der Waals surface area contributed by atoms with Crippen molar-refractivity contribution < 1.29 is 4.74 Å². The average molecular weight is 258 g/mol. The average Bonchev–Trinajstić information content (AvgIpc) is 2.46. The molecule has 94 valence electrons. The summed E-state index contributed by atoms with van der Waals surface area (Å²) in [7, 11) is 1.70. The van der Waals surface area contributed by atoms with E-state index >= 15 is 0 Å². The van der Waals surface area contributed by atoms with Gasteiger partial charge in [-0.25, -0.2) is 0 Å². The quantitative estimate of drug-likeness (QED) is 0.703. The van der Waals surface area contributed by atoms with Crippen molar-refractivity contribution in [3.63, 3.8) is 0 Å². The van der Waals surface area contributed by atoms with Gasteiger partial charge in [0.1, 0.15) is 5.75 Å². The Morgan fingerprint density at radius 3 is 2.22 bits per heavy atom. The maximum absolute atomic E-state index is 5.19. The second kappa shape index (κ2) is 6.50. The monoisotopic (exact) mass is 258 g/mol. The van der Waals surface area contributed by atoms with Crippen LogP contribution < -0.4 is 4.74 Å². The summed E-state index contributed by atoms with van der Waals surface area (Å²) in [6, 6.07) is 18.9. The third kappa shape index (κ3) is 3.30. The van der Waals surface area contributed by atoms with Gasteiger partial charge in [0, 0.05) is 10.1 Å². The van der Waals surface area contributed by atoms with Gasteiger partial charge in [0.15, 0.2) is 0 Å². The molecule has 1 nitrogen and oxygen atoms in total. The van der Waals surface area contributed by atoms with Crippen LogP contribution in [0.5, 0.6) is 5.75 Å². The summed E-state index contributed by atoms with van der Waals surface area (Å²) in [6.45, 7) is 2.23. The van der Waals surface area contributed by atoms with E-state index in [-0.39, 0.29) is 0 Å². The fourth-order valence-corrected chi connectivity index (χ4v) is 2.97. The Kier molecular flexibility index (Phi) is 4.71. The Morgan fingerprint density at radius 1 is 1.00 bits per heavy atom. The van der Waals surface area contributed by atoms with Gasteiger partial charge >= 0.3 is 0 Å². The first-order valence-electron chi connectivity index (χ1n) is 6.19. The van der Waals surface area contributed by atoms with Crippen LogP contribution in [0, 0.1) is 0 Å². The molecule has 18 heavy (non-hydrogen) atoms. The second-order valence-electron chi connectivity index (χ2n) is 4.10. The first kappa shape index (κ1) is 13.0. The molecule has 2 rings (SSSR count). The Bertz CT molecular complexity index is 464. The largest absolute Gasteiger partial charge is 0.497 e. The zero-order valence-electron chi connectivity index (χ0n) is 10.8. The molecule has 2 heteroatoms. The Hall–Kier alpha value is -1.41. The molecule has 0 heterocycles. The smallest absolute Gasteiger partial charge is 0.118 e. The third-order valence-electron chi connectivity index (χ3n) is 2.88. The first-order valence-corrected chi connectivity index (χ1v) is 7.07. The molecule has 1 unspecified atom stereocenters. The topological polar surface area (TPSA) is 9.23 Å². The molecule has 0 bridgehead atoms. The summed E-state index contributed by atoms with van der Waals surface area (Å²) in [4.78, 5) is 1.32. The summed E-state index contributed by atoms with van der Waals surface area (Å²) in [5, 5.41) is 0.498. The van der Waals surface area contributed by atoms with Crippen LogP contribution in [0.4, 0.5) is 0 Å². The van der Waals surface area contributed by atoms with Crippen LogP contribution in [0.25, 0.3) is 0 Å². The van der Waals surface area contributed by atoms with Crippen molar-refractivity contribution in [2.75, 3.05) is 7.11 Å². The van der Waals surface area contributed by atoms with Crippen LogP contribution in [0.2, 0.25) is 0 Å². The van der Waals surface area contributed by atoms with Crippen molar-refractivity contribution >= 4 is 11.8 Å². The SMILES string of the molecule is CCC(Sc1ccccc1)c1ccc(OC)cc1. The standard InChI is InChI=1S/C16H18OS/c1-3-16(18-15-7-5-4-6-8-15)13-9-11-14(17-2)12-10-13/h4-12,16H,3H2,1-2H3. The Balaban J connectivity index is 2.12. The molecule has 0 aliphatic rings. The minimum Gasteiger partial charge on any atom is -0.497 e. The van der Waals surface area contributed by atoms with E-state index < -0.39 is 0 Å². The van der Waals surface area contributed by atoms with Crippen LogP contribution in [0.3, 0.4) is 0 Å². The van der Waals surface area contributed by atoms with Crippen molar-refractivity contribution in [3.8, 4) is 5.75 Å². The first-order chi connectivity index (χ1) is 8.83. The van der Waals surface area contributed by atoms with E-state index in [2.05, 4.69) is 49.4 Å². The summed E-state index contributed by atoms with van der Waals surface area (Å²) in [5.41, 5.74) is 1.35. The van der Waals surface area contributed by atoms with Crippen molar-refractivity contribution in [3.05, 3.63) is 60.2 Å². The van der Waals surface area contributed by atoms with E-state index in [1.807, 2.05) is 23.9 Å². The highest BCUT2D eigenvalue weighted by molar-refractivity contribution is 7.99. The number of hydrogen-bond acceptors (Lipinski definition) is 2. The van der Waals surface area contributed by atoms with E-state index in [4.69, 9.17) is 4.74 Å². The Labute approximate surface area is 113 Å². The molecule has 2 aromatic carbocycles. The summed E-state index contributed by atoms with van der Waals surface area (Å²) in [5.74, 6) is 0.915. The zero-order valence-corrected chi connectivity index (χ0v) is 11.6. The van der Waals surface area contributed by atoms with Crippen LogP contribution in [0.15, 0.2) is 59.5 Å². The number of rotatable bonds is 5. The molecule has 0 radical (unpaired) electrons. The van der Waals surface area contributed by atoms with Gasteiger partial charge in [-0.3, -0.25) is 0 Å². The molecule has 0 aliphatic heterocycles. The zero-order chi connectivity index (χ0) is 12.8. The molecule has 2 aromatic rings. The van der Waals surface area contributed by atoms with Crippen molar-refractivity contribution in [1.29, 1.82) is 0 Å². The molecular weight excluding hydrogens is 240 g/mol. The second-order valence-corrected chi connectivity index (χ2v) is 5.38. The molecule has 0 saturated carbocycles. The summed E-state index contributed by atoms with van der Waals surface area (Å²) in [6.07, 6.45) is 1.12. The third-order valence-corrected chi connectivity index (χ3v) is 4.31. The lowest BCUT2D eigenvalue weighted by atomic mass is 10.1. The lowest BCUT2D eigenvalue weighted by Crippen LogP contribution is -1.92. The lowest BCUT2D eigenvalue weighted by Gasteiger charge is -2.15. The maximum Gasteiger partial charge on any atom is 0.118 e. The van der Waals surface area contributed by atoms with Crippen LogP contribution >= 0.6 is 11.8 Å². The normalized spacial score (nSPS) is 12.1. The maximum atomic E-state index is 5.19. The van der Waals surface area contributed by atoms with Gasteiger partial charge in [-0.05, 0) is 36.2 Å². The van der Waals surface area contributed by atoms with Gasteiger partial charge < -0.3 is 4.74 Å². The summed E-state index contributed by atoms with van der Waals surface area (Å²) < 4.78 is 5.19. The van der Waals surface area contributed by atoms with E-state index in [1.54, 1.807) is 7.11 Å². The minimum absolute atomic E-state index is 0.498. The van der Waals surface area contributed by atoms with E-state index in [0.717, 1.165) is 12.2 Å². The van der Waals surface area contributed by atoms with Crippen LogP contribution in [-0.4, -0.2) is 7.11 Å². The van der Waals surface area contributed by atoms with Crippen molar-refractivity contribution in [2.45, 2.75) is 23.5 Å². The van der Waals surface area contributed by atoms with Gasteiger partial charge in [-0.2, -0.15) is 0 Å². The molecule has 0 fully saturated rings. The van der Waals surface area contributed by atoms with Gasteiger partial charge in [-0.15, -0.1) is 11.8 Å². The van der Waals surface area contributed by atoms with Gasteiger partial charge in [-0.1, -0.05) is 37.3 Å². The molecule has 0 saturated heterocycles. The highest BCUT2D eigenvalue weighted by Crippen LogP contribution is 2.37. The number of benzene rings is 2. The van der Waals surface area contributed by atoms with E-state index in [0.29, 0.717) is 5.25 Å². The lowest BCUT2D eigenvalue weighted by molar-refractivity contribution is 0.414. The van der Waals surface area contributed by atoms with E-state index in [1.165, 1.54) is 10.5 Å². The molecule has 0 spiro atoms. The fourth-order valence-electron chi connectivity index (χ4n) is 1.87. The number of hydrogen-bond donors (Lipinski definition) is 0. The molecular formula is C16H18OS. The van der Waals surface area contributed by atoms with E-state index in [9.17, 15) is 0 Å². The number of thioether (sulfide) groups is 1. The predicted octanol–water partition coefficient (Wildman–Crippen LogP) is 4.94. The minimum atomic E-state index is 0.498. The van der Waals surface area contributed by atoms with Gasteiger partial charge in [0.05, 0.1) is 7.11 Å². The highest BCUT2D eigenvalue weighted by Gasteiger charge is 2.10. The Morgan fingerprint density at radius 2 is 1.67 bits per heavy atom. The number of methoxy groups -OCH3 is 1. The molecule has 0 aromatic heterocycles. The van der Waals surface area contributed by atoms with Crippen molar-refractivity contribution in [2.24, 2.45) is 0 Å². The van der Waals surface area contributed by atoms with Crippen LogP contribution in [0.1, 0.15) is 24.2 Å². The number of ether oxygens (including phenoxy) is 1. The van der Waals surface area contributed by atoms with Crippen LogP contribution in [-0.2, 0) is 0 Å². The van der Waals surface area contributed by atoms with Gasteiger partial charge in [0.25, 0.3) is 0 Å². The molecule has 0 N–H and O–H groups in total. The predicted molar refractivity (Wildman–Crippen MR) is 78.3 cm³/mol. The summed E-state index contributed by atoms with van der Waals surface area (Å²) >= 11 is 1.91. The van der Waals surface area contributed by atoms with Gasteiger partial charge in [0.2, 0.25) is 0 Å². The molecule has 0 amide bonds. The highest BCUT2D eigenvalue weighted by atomic mass is 32.2. The van der Waals surface area contributed by atoms with Crippen molar-refractivity contribution in [1.82, 2.24) is 0 Å². The fraction of sp³-hybridized carbons (Fsp3) is 0.250. The molecule has 0 aliphatic carbocycles. The molecule has 1 atom stereocenters.